The molecule has 2 rings (SSSR count). The first-order valence-electron chi connectivity index (χ1n) is 6.16. The molecule has 0 bridgehead atoms. The van der Waals surface area contributed by atoms with Gasteiger partial charge in [-0.1, -0.05) is 12.1 Å². The predicted octanol–water partition coefficient (Wildman–Crippen LogP) is 1.78. The summed E-state index contributed by atoms with van der Waals surface area (Å²) >= 11 is 0. The van der Waals surface area contributed by atoms with Crippen molar-refractivity contribution < 1.29 is 4.79 Å². The number of amides is 1. The van der Waals surface area contributed by atoms with Crippen molar-refractivity contribution in [2.45, 2.75) is 19.9 Å². The van der Waals surface area contributed by atoms with Gasteiger partial charge in [-0.25, -0.2) is 0 Å². The Balaban J connectivity index is 1.92. The minimum atomic E-state index is 0.0154. The van der Waals surface area contributed by atoms with Gasteiger partial charge in [-0.2, -0.15) is 0 Å². The monoisotopic (exact) mass is 259 g/mol. The Labute approximate surface area is 111 Å². The SMILES string of the molecule is CCC(=O)Nc1ccc(NCc2cnnn2C)cc1. The fourth-order valence-electron chi connectivity index (χ4n) is 1.58. The van der Waals surface area contributed by atoms with E-state index in [4.69, 9.17) is 0 Å². The van der Waals surface area contributed by atoms with Gasteiger partial charge in [-0.3, -0.25) is 9.48 Å². The minimum absolute atomic E-state index is 0.0154. The molecule has 0 saturated heterocycles. The van der Waals surface area contributed by atoms with Crippen molar-refractivity contribution in [3.05, 3.63) is 36.2 Å². The molecule has 1 aromatic heterocycles. The summed E-state index contributed by atoms with van der Waals surface area (Å²) in [7, 11) is 1.85. The van der Waals surface area contributed by atoms with Crippen LogP contribution in [0, 0.1) is 0 Å². The summed E-state index contributed by atoms with van der Waals surface area (Å²) in [6.07, 6.45) is 2.20. The molecule has 6 heteroatoms. The number of hydrogen-bond acceptors (Lipinski definition) is 4. The number of nitrogens with zero attached hydrogens (tertiary/aromatic N) is 3. The normalized spacial score (nSPS) is 10.2. The van der Waals surface area contributed by atoms with E-state index in [2.05, 4.69) is 20.9 Å². The first kappa shape index (κ1) is 13.1. The van der Waals surface area contributed by atoms with E-state index in [0.29, 0.717) is 13.0 Å². The fraction of sp³-hybridized carbons (Fsp3) is 0.308. The number of anilines is 2. The molecular formula is C13H17N5O. The minimum Gasteiger partial charge on any atom is -0.379 e. The Bertz CT molecular complexity index is 546. The molecule has 2 N–H and O–H groups in total. The second-order valence-corrected chi connectivity index (χ2v) is 4.18. The van der Waals surface area contributed by atoms with E-state index < -0.39 is 0 Å². The van der Waals surface area contributed by atoms with Crippen LogP contribution in [-0.2, 0) is 18.4 Å². The van der Waals surface area contributed by atoms with Gasteiger partial charge in [0.15, 0.2) is 0 Å². The number of carbonyl (C=O) groups is 1. The first-order valence-corrected chi connectivity index (χ1v) is 6.16. The lowest BCUT2D eigenvalue weighted by Gasteiger charge is -2.08. The third kappa shape index (κ3) is 3.54. The molecule has 0 spiro atoms. The van der Waals surface area contributed by atoms with Gasteiger partial charge in [0.25, 0.3) is 0 Å². The Kier molecular flexibility index (Phi) is 4.12. The molecule has 0 radical (unpaired) electrons. The molecule has 2 aromatic rings. The fourth-order valence-corrected chi connectivity index (χ4v) is 1.58. The van der Waals surface area contributed by atoms with Crippen LogP contribution >= 0.6 is 0 Å². The lowest BCUT2D eigenvalue weighted by molar-refractivity contribution is -0.115. The lowest BCUT2D eigenvalue weighted by atomic mass is 10.2. The van der Waals surface area contributed by atoms with E-state index in [1.165, 1.54) is 0 Å². The number of aromatic nitrogens is 3. The molecular weight excluding hydrogens is 242 g/mol. The molecule has 19 heavy (non-hydrogen) atoms. The highest BCUT2D eigenvalue weighted by Crippen LogP contribution is 2.14. The Morgan fingerprint density at radius 3 is 2.53 bits per heavy atom. The van der Waals surface area contributed by atoms with Gasteiger partial charge in [0.05, 0.1) is 18.4 Å². The molecule has 0 aliphatic heterocycles. The summed E-state index contributed by atoms with van der Waals surface area (Å²) in [5, 5.41) is 13.8. The van der Waals surface area contributed by atoms with Crippen molar-refractivity contribution >= 4 is 17.3 Å². The quantitative estimate of drug-likeness (QED) is 0.858. The summed E-state index contributed by atoms with van der Waals surface area (Å²) in [5.41, 5.74) is 2.79. The van der Waals surface area contributed by atoms with Crippen molar-refractivity contribution in [2.24, 2.45) is 7.05 Å². The number of hydrogen-bond donors (Lipinski definition) is 2. The van der Waals surface area contributed by atoms with Crippen LogP contribution in [0.2, 0.25) is 0 Å². The number of carbonyl (C=O) groups excluding carboxylic acids is 1. The van der Waals surface area contributed by atoms with Gasteiger partial charge in [-0.05, 0) is 24.3 Å². The van der Waals surface area contributed by atoms with E-state index in [-0.39, 0.29) is 5.91 Å². The summed E-state index contributed by atoms with van der Waals surface area (Å²) in [6, 6.07) is 7.60. The molecule has 0 unspecified atom stereocenters. The van der Waals surface area contributed by atoms with Crippen molar-refractivity contribution in [2.75, 3.05) is 10.6 Å². The van der Waals surface area contributed by atoms with Crippen LogP contribution in [-0.4, -0.2) is 20.9 Å². The maximum Gasteiger partial charge on any atom is 0.224 e. The zero-order valence-corrected chi connectivity index (χ0v) is 11.1. The highest BCUT2D eigenvalue weighted by Gasteiger charge is 2.01. The highest BCUT2D eigenvalue weighted by molar-refractivity contribution is 5.90. The smallest absolute Gasteiger partial charge is 0.224 e. The summed E-state index contributed by atoms with van der Waals surface area (Å²) in [6.45, 7) is 2.48. The maximum atomic E-state index is 11.2. The van der Waals surface area contributed by atoms with Crippen LogP contribution in [0.1, 0.15) is 19.0 Å². The van der Waals surface area contributed by atoms with Crippen LogP contribution in [0.15, 0.2) is 30.5 Å². The van der Waals surface area contributed by atoms with E-state index in [1.807, 2.05) is 38.2 Å². The largest absolute Gasteiger partial charge is 0.379 e. The van der Waals surface area contributed by atoms with Crippen LogP contribution in [0.5, 0.6) is 0 Å². The van der Waals surface area contributed by atoms with Crippen molar-refractivity contribution in [1.29, 1.82) is 0 Å². The van der Waals surface area contributed by atoms with Crippen LogP contribution in [0.3, 0.4) is 0 Å². The Morgan fingerprint density at radius 2 is 1.95 bits per heavy atom. The molecule has 0 saturated carbocycles. The number of aryl methyl sites for hydroxylation is 1. The highest BCUT2D eigenvalue weighted by atomic mass is 16.1. The van der Waals surface area contributed by atoms with Gasteiger partial charge >= 0.3 is 0 Å². The summed E-state index contributed by atoms with van der Waals surface area (Å²) in [5.74, 6) is 0.0154. The molecule has 100 valence electrons. The Morgan fingerprint density at radius 1 is 1.26 bits per heavy atom. The molecule has 1 amide bonds. The molecule has 0 aliphatic rings. The second-order valence-electron chi connectivity index (χ2n) is 4.18. The van der Waals surface area contributed by atoms with E-state index in [1.54, 1.807) is 10.9 Å². The third-order valence-electron chi connectivity index (χ3n) is 2.77. The van der Waals surface area contributed by atoms with Gasteiger partial charge in [0.1, 0.15) is 0 Å². The zero-order valence-electron chi connectivity index (χ0n) is 11.1. The van der Waals surface area contributed by atoms with Crippen LogP contribution in [0.25, 0.3) is 0 Å². The average molecular weight is 259 g/mol. The second kappa shape index (κ2) is 5.99. The summed E-state index contributed by atoms with van der Waals surface area (Å²) in [4.78, 5) is 11.2. The lowest BCUT2D eigenvalue weighted by Crippen LogP contribution is -2.09. The van der Waals surface area contributed by atoms with Crippen molar-refractivity contribution in [3.63, 3.8) is 0 Å². The predicted molar refractivity (Wildman–Crippen MR) is 73.7 cm³/mol. The average Bonchev–Trinajstić information content (AvgIpc) is 2.83. The van der Waals surface area contributed by atoms with Crippen LogP contribution in [0.4, 0.5) is 11.4 Å². The summed E-state index contributed by atoms with van der Waals surface area (Å²) < 4.78 is 1.73. The molecule has 0 fully saturated rings. The number of nitrogens with one attached hydrogen (secondary N) is 2. The number of benzene rings is 1. The third-order valence-corrected chi connectivity index (χ3v) is 2.77. The van der Waals surface area contributed by atoms with E-state index >= 15 is 0 Å². The molecule has 0 aliphatic carbocycles. The zero-order chi connectivity index (χ0) is 13.7. The van der Waals surface area contributed by atoms with Gasteiger partial charge in [0.2, 0.25) is 5.91 Å². The van der Waals surface area contributed by atoms with Gasteiger partial charge < -0.3 is 10.6 Å². The van der Waals surface area contributed by atoms with Crippen molar-refractivity contribution in [1.82, 2.24) is 15.0 Å². The number of rotatable bonds is 5. The first-order chi connectivity index (χ1) is 9.19. The Hall–Kier alpha value is -2.37. The molecule has 0 atom stereocenters. The topological polar surface area (TPSA) is 71.8 Å². The van der Waals surface area contributed by atoms with E-state index in [0.717, 1.165) is 17.1 Å². The molecule has 1 aromatic carbocycles. The van der Waals surface area contributed by atoms with Gasteiger partial charge in [-0.15, -0.1) is 5.10 Å². The van der Waals surface area contributed by atoms with Crippen LogP contribution < -0.4 is 10.6 Å². The maximum absolute atomic E-state index is 11.2. The van der Waals surface area contributed by atoms with Crippen molar-refractivity contribution in [3.8, 4) is 0 Å². The molecule has 6 nitrogen and oxygen atoms in total. The molecule has 1 heterocycles. The van der Waals surface area contributed by atoms with E-state index in [9.17, 15) is 4.79 Å². The standard InChI is InChI=1S/C13H17N5O/c1-3-13(19)16-11-6-4-10(5-7-11)14-8-12-9-15-17-18(12)2/h4-7,9,14H,3,8H2,1-2H3,(H,16,19). The van der Waals surface area contributed by atoms with Gasteiger partial charge in [0, 0.05) is 24.8 Å².